The van der Waals surface area contributed by atoms with Gasteiger partial charge in [0.05, 0.1) is 12.5 Å². The van der Waals surface area contributed by atoms with Gasteiger partial charge in [-0.25, -0.2) is 0 Å². The summed E-state index contributed by atoms with van der Waals surface area (Å²) < 4.78 is 7.22. The molecule has 2 aromatic rings. The van der Waals surface area contributed by atoms with Crippen molar-refractivity contribution in [3.63, 3.8) is 0 Å². The minimum Gasteiger partial charge on any atom is -0.497 e. The number of benzene rings is 2. The molecule has 2 aromatic carbocycles. The number of halogens is 3. The van der Waals surface area contributed by atoms with E-state index in [1.54, 1.807) is 7.11 Å². The largest absolute Gasteiger partial charge is 0.497 e. The molecule has 1 unspecified atom stereocenters. The van der Waals surface area contributed by atoms with E-state index < -0.39 is 0 Å². The lowest BCUT2D eigenvalue weighted by Crippen LogP contribution is -1.98. The summed E-state index contributed by atoms with van der Waals surface area (Å²) >= 11 is 13.7. The van der Waals surface area contributed by atoms with E-state index in [-0.39, 0.29) is 5.38 Å². The fourth-order valence-corrected chi connectivity index (χ4v) is 3.43. The Balaban J connectivity index is 2.44. The van der Waals surface area contributed by atoms with Gasteiger partial charge in [0.15, 0.2) is 0 Å². The van der Waals surface area contributed by atoms with Crippen molar-refractivity contribution in [1.29, 1.82) is 0 Å². The molecule has 0 radical (unpaired) electrons. The number of hydrogen-bond donors (Lipinski definition) is 0. The molecule has 1 atom stereocenters. The summed E-state index contributed by atoms with van der Waals surface area (Å²) in [6.07, 6.45) is 0. The highest BCUT2D eigenvalue weighted by Crippen LogP contribution is 2.38. The Hall–Kier alpha value is -0.510. The highest BCUT2D eigenvalue weighted by Gasteiger charge is 2.17. The van der Waals surface area contributed by atoms with Gasteiger partial charge in [-0.1, -0.05) is 50.1 Å². The molecule has 0 aliphatic rings. The third-order valence-corrected chi connectivity index (χ3v) is 5.08. The van der Waals surface area contributed by atoms with E-state index in [9.17, 15) is 0 Å². The topological polar surface area (TPSA) is 9.23 Å². The second-order valence-corrected chi connectivity index (χ2v) is 6.35. The van der Waals surface area contributed by atoms with Crippen LogP contribution in [0.2, 0.25) is 0 Å². The normalized spacial score (nSPS) is 12.3. The third kappa shape index (κ3) is 3.15. The van der Waals surface area contributed by atoms with Crippen molar-refractivity contribution < 1.29 is 4.74 Å². The van der Waals surface area contributed by atoms with Crippen LogP contribution in [0.4, 0.5) is 0 Å². The van der Waals surface area contributed by atoms with Gasteiger partial charge in [0.25, 0.3) is 0 Å². The standard InChI is InChI=1S/C15H13Br2ClO/c1-9-11(4-3-5-13(9)16)15(18)12-7-6-10(19-2)8-14(12)17/h3-8,15H,1-2H3. The molecule has 0 spiro atoms. The molecule has 0 aromatic heterocycles. The fourth-order valence-electron chi connectivity index (χ4n) is 1.91. The van der Waals surface area contributed by atoms with Gasteiger partial charge in [0.1, 0.15) is 5.75 Å². The van der Waals surface area contributed by atoms with Crippen LogP contribution >= 0.6 is 43.5 Å². The smallest absolute Gasteiger partial charge is 0.120 e. The quantitative estimate of drug-likeness (QED) is 0.583. The molecule has 4 heteroatoms. The van der Waals surface area contributed by atoms with Crippen molar-refractivity contribution in [2.24, 2.45) is 0 Å². The van der Waals surface area contributed by atoms with E-state index in [2.05, 4.69) is 44.8 Å². The Morgan fingerprint density at radius 1 is 1.05 bits per heavy atom. The monoisotopic (exact) mass is 402 g/mol. The molecule has 0 heterocycles. The van der Waals surface area contributed by atoms with Gasteiger partial charge < -0.3 is 4.74 Å². The van der Waals surface area contributed by atoms with E-state index in [4.69, 9.17) is 16.3 Å². The molecular weight excluding hydrogens is 391 g/mol. The first-order valence-corrected chi connectivity index (χ1v) is 7.79. The number of hydrogen-bond acceptors (Lipinski definition) is 1. The Labute approximate surface area is 135 Å². The van der Waals surface area contributed by atoms with Crippen molar-refractivity contribution >= 4 is 43.5 Å². The Bertz CT molecular complexity index is 599. The average molecular weight is 405 g/mol. The Morgan fingerprint density at radius 2 is 1.79 bits per heavy atom. The van der Waals surface area contributed by atoms with E-state index in [0.717, 1.165) is 31.4 Å². The lowest BCUT2D eigenvalue weighted by Gasteiger charge is -2.16. The lowest BCUT2D eigenvalue weighted by atomic mass is 10.00. The molecule has 0 aliphatic carbocycles. The summed E-state index contributed by atoms with van der Waals surface area (Å²) in [6.45, 7) is 2.06. The lowest BCUT2D eigenvalue weighted by molar-refractivity contribution is 0.414. The van der Waals surface area contributed by atoms with Crippen LogP contribution in [0.1, 0.15) is 22.1 Å². The maximum atomic E-state index is 6.62. The van der Waals surface area contributed by atoms with Gasteiger partial charge >= 0.3 is 0 Å². The Kier molecular flexibility index (Phi) is 4.93. The predicted molar refractivity (Wildman–Crippen MR) is 87.3 cm³/mol. The molecule has 100 valence electrons. The maximum Gasteiger partial charge on any atom is 0.120 e. The van der Waals surface area contributed by atoms with Gasteiger partial charge in [-0.15, -0.1) is 11.6 Å². The fraction of sp³-hybridized carbons (Fsp3) is 0.200. The zero-order valence-electron chi connectivity index (χ0n) is 10.6. The zero-order chi connectivity index (χ0) is 14.0. The first kappa shape index (κ1) is 14.9. The van der Waals surface area contributed by atoms with Crippen molar-refractivity contribution in [2.75, 3.05) is 7.11 Å². The second kappa shape index (κ2) is 6.29. The highest BCUT2D eigenvalue weighted by molar-refractivity contribution is 9.10. The highest BCUT2D eigenvalue weighted by atomic mass is 79.9. The zero-order valence-corrected chi connectivity index (χ0v) is 14.5. The van der Waals surface area contributed by atoms with E-state index in [1.165, 1.54) is 0 Å². The molecule has 0 amide bonds. The summed E-state index contributed by atoms with van der Waals surface area (Å²) in [4.78, 5) is 0. The van der Waals surface area contributed by atoms with E-state index >= 15 is 0 Å². The Morgan fingerprint density at radius 3 is 2.42 bits per heavy atom. The van der Waals surface area contributed by atoms with Crippen molar-refractivity contribution in [1.82, 2.24) is 0 Å². The van der Waals surface area contributed by atoms with Crippen molar-refractivity contribution in [2.45, 2.75) is 12.3 Å². The molecule has 0 aliphatic heterocycles. The van der Waals surface area contributed by atoms with Gasteiger partial charge in [-0.2, -0.15) is 0 Å². The summed E-state index contributed by atoms with van der Waals surface area (Å²) in [7, 11) is 1.65. The summed E-state index contributed by atoms with van der Waals surface area (Å²) in [5.41, 5.74) is 3.29. The average Bonchev–Trinajstić information content (AvgIpc) is 2.41. The third-order valence-electron chi connectivity index (χ3n) is 3.06. The first-order valence-electron chi connectivity index (χ1n) is 5.77. The van der Waals surface area contributed by atoms with Gasteiger partial charge in [0, 0.05) is 8.95 Å². The number of rotatable bonds is 3. The minimum atomic E-state index is -0.196. The van der Waals surface area contributed by atoms with Crippen LogP contribution < -0.4 is 4.74 Å². The number of ether oxygens (including phenoxy) is 1. The first-order chi connectivity index (χ1) is 9.04. The molecule has 0 bridgehead atoms. The van der Waals surface area contributed by atoms with Gasteiger partial charge in [-0.3, -0.25) is 0 Å². The number of alkyl halides is 1. The summed E-state index contributed by atoms with van der Waals surface area (Å²) in [6, 6.07) is 11.9. The molecular formula is C15H13Br2ClO. The van der Waals surface area contributed by atoms with Crippen LogP contribution in [-0.2, 0) is 0 Å². The van der Waals surface area contributed by atoms with Crippen molar-refractivity contribution in [3.8, 4) is 5.75 Å². The van der Waals surface area contributed by atoms with Crippen LogP contribution in [0.5, 0.6) is 5.75 Å². The SMILES string of the molecule is COc1ccc(C(Cl)c2cccc(Br)c2C)c(Br)c1. The minimum absolute atomic E-state index is 0.196. The summed E-state index contributed by atoms with van der Waals surface area (Å²) in [5, 5.41) is -0.196. The van der Waals surface area contributed by atoms with E-state index in [1.807, 2.05) is 30.3 Å². The molecule has 0 saturated heterocycles. The molecule has 2 rings (SSSR count). The maximum absolute atomic E-state index is 6.62. The van der Waals surface area contributed by atoms with Crippen LogP contribution in [0.15, 0.2) is 45.3 Å². The second-order valence-electron chi connectivity index (χ2n) is 4.20. The van der Waals surface area contributed by atoms with Crippen LogP contribution in [0.25, 0.3) is 0 Å². The predicted octanol–water partition coefficient (Wildman–Crippen LogP) is 5.86. The molecule has 0 N–H and O–H groups in total. The van der Waals surface area contributed by atoms with Gasteiger partial charge in [0.2, 0.25) is 0 Å². The molecule has 0 fully saturated rings. The van der Waals surface area contributed by atoms with Gasteiger partial charge in [-0.05, 0) is 41.8 Å². The summed E-state index contributed by atoms with van der Waals surface area (Å²) in [5.74, 6) is 0.811. The molecule has 19 heavy (non-hydrogen) atoms. The molecule has 0 saturated carbocycles. The van der Waals surface area contributed by atoms with Crippen LogP contribution in [-0.4, -0.2) is 7.11 Å². The van der Waals surface area contributed by atoms with Crippen LogP contribution in [0, 0.1) is 6.92 Å². The molecule has 1 nitrogen and oxygen atoms in total. The number of methoxy groups -OCH3 is 1. The van der Waals surface area contributed by atoms with Crippen LogP contribution in [0.3, 0.4) is 0 Å². The van der Waals surface area contributed by atoms with E-state index in [0.29, 0.717) is 0 Å². The van der Waals surface area contributed by atoms with Crippen molar-refractivity contribution in [3.05, 3.63) is 62.0 Å².